The third-order valence-corrected chi connectivity index (χ3v) is 2.85. The number of anilines is 2. The van der Waals surface area contributed by atoms with E-state index in [1.54, 1.807) is 24.3 Å². The van der Waals surface area contributed by atoms with E-state index in [4.69, 9.17) is 0 Å². The molecule has 0 amide bonds. The van der Waals surface area contributed by atoms with Gasteiger partial charge in [0.05, 0.1) is 5.56 Å². The second-order valence-electron chi connectivity index (χ2n) is 4.20. The lowest BCUT2D eigenvalue weighted by Crippen LogP contribution is -2.19. The SMILES string of the molecule is CCN(c1cccc(O)c1)c1nc(C)ccc1C#N. The molecule has 0 saturated carbocycles. The van der Waals surface area contributed by atoms with Crippen molar-refractivity contribution in [2.24, 2.45) is 0 Å². The van der Waals surface area contributed by atoms with Gasteiger partial charge in [-0.05, 0) is 38.1 Å². The van der Waals surface area contributed by atoms with Crippen LogP contribution in [-0.2, 0) is 0 Å². The van der Waals surface area contributed by atoms with Crippen LogP contribution in [0.3, 0.4) is 0 Å². The summed E-state index contributed by atoms with van der Waals surface area (Å²) in [6, 6.07) is 12.7. The minimum absolute atomic E-state index is 0.196. The maximum Gasteiger partial charge on any atom is 0.151 e. The smallest absolute Gasteiger partial charge is 0.151 e. The highest BCUT2D eigenvalue weighted by atomic mass is 16.3. The molecule has 0 aliphatic heterocycles. The van der Waals surface area contributed by atoms with E-state index in [0.717, 1.165) is 11.4 Å². The van der Waals surface area contributed by atoms with Crippen LogP contribution in [0.5, 0.6) is 5.75 Å². The number of rotatable bonds is 3. The van der Waals surface area contributed by atoms with E-state index in [2.05, 4.69) is 11.1 Å². The molecule has 2 rings (SSSR count). The van der Waals surface area contributed by atoms with Gasteiger partial charge in [-0.15, -0.1) is 0 Å². The normalized spacial score (nSPS) is 9.95. The summed E-state index contributed by atoms with van der Waals surface area (Å²) < 4.78 is 0. The van der Waals surface area contributed by atoms with Gasteiger partial charge in [0.25, 0.3) is 0 Å². The van der Waals surface area contributed by atoms with Gasteiger partial charge in [-0.3, -0.25) is 0 Å². The first kappa shape index (κ1) is 12.9. The second kappa shape index (κ2) is 5.40. The summed E-state index contributed by atoms with van der Waals surface area (Å²) in [6.45, 7) is 4.53. The third-order valence-electron chi connectivity index (χ3n) is 2.85. The Kier molecular flexibility index (Phi) is 3.67. The van der Waals surface area contributed by atoms with Crippen LogP contribution in [0, 0.1) is 18.3 Å². The van der Waals surface area contributed by atoms with Crippen LogP contribution in [0.4, 0.5) is 11.5 Å². The molecule has 0 atom stereocenters. The summed E-state index contributed by atoms with van der Waals surface area (Å²) in [7, 11) is 0. The van der Waals surface area contributed by atoms with Crippen molar-refractivity contribution in [2.45, 2.75) is 13.8 Å². The van der Waals surface area contributed by atoms with Crippen LogP contribution in [0.15, 0.2) is 36.4 Å². The summed E-state index contributed by atoms with van der Waals surface area (Å²) >= 11 is 0. The minimum atomic E-state index is 0.196. The molecule has 0 unspecified atom stereocenters. The van der Waals surface area contributed by atoms with Gasteiger partial charge in [0, 0.05) is 24.0 Å². The van der Waals surface area contributed by atoms with E-state index in [-0.39, 0.29) is 5.75 Å². The van der Waals surface area contributed by atoms with Gasteiger partial charge in [-0.2, -0.15) is 5.26 Å². The number of aromatic hydroxyl groups is 1. The van der Waals surface area contributed by atoms with Gasteiger partial charge in [0.15, 0.2) is 5.82 Å². The number of hydrogen-bond donors (Lipinski definition) is 1. The van der Waals surface area contributed by atoms with Gasteiger partial charge in [-0.25, -0.2) is 4.98 Å². The quantitative estimate of drug-likeness (QED) is 0.913. The lowest BCUT2D eigenvalue weighted by atomic mass is 10.2. The fourth-order valence-electron chi connectivity index (χ4n) is 1.95. The van der Waals surface area contributed by atoms with Crippen molar-refractivity contribution in [3.05, 3.63) is 47.7 Å². The highest BCUT2D eigenvalue weighted by Crippen LogP contribution is 2.28. The van der Waals surface area contributed by atoms with Crippen LogP contribution in [0.2, 0.25) is 0 Å². The maximum atomic E-state index is 9.57. The van der Waals surface area contributed by atoms with E-state index in [0.29, 0.717) is 17.9 Å². The summed E-state index contributed by atoms with van der Waals surface area (Å²) in [5.41, 5.74) is 2.19. The Labute approximate surface area is 112 Å². The lowest BCUT2D eigenvalue weighted by molar-refractivity contribution is 0.475. The molecular weight excluding hydrogens is 238 g/mol. The zero-order valence-electron chi connectivity index (χ0n) is 11.0. The molecule has 2 aromatic rings. The maximum absolute atomic E-state index is 9.57. The fraction of sp³-hybridized carbons (Fsp3) is 0.200. The largest absolute Gasteiger partial charge is 0.508 e. The van der Waals surface area contributed by atoms with E-state index in [9.17, 15) is 10.4 Å². The molecular formula is C15H15N3O. The molecule has 1 N–H and O–H groups in total. The van der Waals surface area contributed by atoms with Crippen LogP contribution in [0.1, 0.15) is 18.2 Å². The number of nitrogens with zero attached hydrogens (tertiary/aromatic N) is 3. The second-order valence-corrected chi connectivity index (χ2v) is 4.20. The molecule has 0 radical (unpaired) electrons. The average molecular weight is 253 g/mol. The molecule has 0 aliphatic rings. The summed E-state index contributed by atoms with van der Waals surface area (Å²) in [5, 5.41) is 18.8. The summed E-state index contributed by atoms with van der Waals surface area (Å²) in [6.07, 6.45) is 0. The predicted octanol–water partition coefficient (Wildman–Crippen LogP) is 3.13. The lowest BCUT2D eigenvalue weighted by Gasteiger charge is -2.23. The zero-order valence-corrected chi connectivity index (χ0v) is 11.0. The standard InChI is InChI=1S/C15H15N3O/c1-3-18(13-5-4-6-14(19)9-13)15-12(10-16)8-7-11(2)17-15/h4-9,19H,3H2,1-2H3. The highest BCUT2D eigenvalue weighted by Gasteiger charge is 2.14. The van der Waals surface area contributed by atoms with Gasteiger partial charge >= 0.3 is 0 Å². The van der Waals surface area contributed by atoms with Crippen molar-refractivity contribution in [1.82, 2.24) is 4.98 Å². The number of pyridine rings is 1. The number of nitriles is 1. The van der Waals surface area contributed by atoms with Crippen molar-refractivity contribution in [3.8, 4) is 11.8 Å². The number of phenols is 1. The van der Waals surface area contributed by atoms with Crippen LogP contribution >= 0.6 is 0 Å². The van der Waals surface area contributed by atoms with Gasteiger partial charge in [-0.1, -0.05) is 6.07 Å². The highest BCUT2D eigenvalue weighted by molar-refractivity contribution is 5.66. The number of hydrogen-bond acceptors (Lipinski definition) is 4. The Balaban J connectivity index is 2.54. The molecule has 0 bridgehead atoms. The number of aromatic nitrogens is 1. The third kappa shape index (κ3) is 2.66. The number of aryl methyl sites for hydroxylation is 1. The molecule has 0 fully saturated rings. The molecule has 0 saturated heterocycles. The van der Waals surface area contributed by atoms with E-state index >= 15 is 0 Å². The number of benzene rings is 1. The summed E-state index contributed by atoms with van der Waals surface area (Å²) in [5.74, 6) is 0.817. The molecule has 1 heterocycles. The first-order valence-electron chi connectivity index (χ1n) is 6.10. The van der Waals surface area contributed by atoms with Gasteiger partial charge in [0.1, 0.15) is 11.8 Å². The Morgan fingerprint density at radius 1 is 1.32 bits per heavy atom. The predicted molar refractivity (Wildman–Crippen MR) is 74.5 cm³/mol. The van der Waals surface area contributed by atoms with Crippen molar-refractivity contribution in [2.75, 3.05) is 11.4 Å². The van der Waals surface area contributed by atoms with Crippen molar-refractivity contribution in [1.29, 1.82) is 5.26 Å². The Morgan fingerprint density at radius 2 is 2.11 bits per heavy atom. The Hall–Kier alpha value is -2.54. The Morgan fingerprint density at radius 3 is 2.74 bits per heavy atom. The zero-order chi connectivity index (χ0) is 13.8. The van der Waals surface area contributed by atoms with Gasteiger partial charge < -0.3 is 10.0 Å². The van der Waals surface area contributed by atoms with Crippen molar-refractivity contribution < 1.29 is 5.11 Å². The fourth-order valence-corrected chi connectivity index (χ4v) is 1.95. The molecule has 1 aromatic heterocycles. The van der Waals surface area contributed by atoms with E-state index in [1.807, 2.05) is 30.9 Å². The van der Waals surface area contributed by atoms with Crippen LogP contribution < -0.4 is 4.90 Å². The summed E-state index contributed by atoms with van der Waals surface area (Å²) in [4.78, 5) is 6.35. The molecule has 0 spiro atoms. The van der Waals surface area contributed by atoms with Crippen molar-refractivity contribution >= 4 is 11.5 Å². The number of phenolic OH excluding ortho intramolecular Hbond substituents is 1. The van der Waals surface area contributed by atoms with E-state index < -0.39 is 0 Å². The van der Waals surface area contributed by atoms with E-state index in [1.165, 1.54) is 0 Å². The molecule has 0 aliphatic carbocycles. The molecule has 19 heavy (non-hydrogen) atoms. The minimum Gasteiger partial charge on any atom is -0.508 e. The first-order chi connectivity index (χ1) is 9.15. The van der Waals surface area contributed by atoms with Crippen LogP contribution in [0.25, 0.3) is 0 Å². The first-order valence-corrected chi connectivity index (χ1v) is 6.10. The van der Waals surface area contributed by atoms with Crippen LogP contribution in [-0.4, -0.2) is 16.6 Å². The Bertz CT molecular complexity index is 632. The topological polar surface area (TPSA) is 60.1 Å². The average Bonchev–Trinajstić information content (AvgIpc) is 2.40. The molecule has 96 valence electrons. The molecule has 1 aromatic carbocycles. The van der Waals surface area contributed by atoms with Crippen molar-refractivity contribution in [3.63, 3.8) is 0 Å². The molecule has 4 heteroatoms. The van der Waals surface area contributed by atoms with Gasteiger partial charge in [0.2, 0.25) is 0 Å². The monoisotopic (exact) mass is 253 g/mol. The molecule has 4 nitrogen and oxygen atoms in total.